The van der Waals surface area contributed by atoms with Crippen molar-refractivity contribution in [2.45, 2.75) is 47.0 Å². The smallest absolute Gasteiger partial charge is 0.135 e. The van der Waals surface area contributed by atoms with E-state index in [9.17, 15) is 0 Å². The second-order valence-electron chi connectivity index (χ2n) is 22.0. The second kappa shape index (κ2) is 21.3. The summed E-state index contributed by atoms with van der Waals surface area (Å²) in [6.07, 6.45) is 4.34. The van der Waals surface area contributed by atoms with E-state index in [4.69, 9.17) is 4.98 Å². The molecule has 2 aromatic heterocycles. The van der Waals surface area contributed by atoms with Gasteiger partial charge >= 0.3 is 0 Å². The SMILES string of the molecule is CC(C)(C)C1=CN(c2[c-]c([Si](c3[c-]c4c(cc3)c3ccccc3n4-c3cc(C(C)(C)C)ccn3)(c3ccccc3)c3ccccc3)cc(-c3ccccc3)c2)CN1c1cc(-c2ccccc2)cc(-c2ccccc2)c1.[CH3-].[Pt]. The maximum atomic E-state index is 5.09. The van der Waals surface area contributed by atoms with Crippen molar-refractivity contribution in [3.8, 4) is 39.2 Å². The molecule has 0 amide bonds. The standard InChI is InChI=1S/C70H60N4Si.CH3.Pt/c1-69(2,3)56-38-39-71-68(45-56)74-65-35-23-22-34-63(65)64-37-36-61(47-66(64)74)75(59-30-18-10-19-31-59,60-32-20-11-21-33-60)62-44-55(52-28-16-9-17-29-52)41-57(46-62)72-48-67(70(4,5)6)73(49-72)58-42-53(50-24-12-7-13-25-50)40-54(43-58)51-26-14-8-15-27-51;;/h7-45,48H,49H2,1-6H3;1H3;/q-2;-1;. The van der Waals surface area contributed by atoms with E-state index in [1.807, 2.05) is 6.20 Å². The van der Waals surface area contributed by atoms with Crippen LogP contribution in [0.2, 0.25) is 0 Å². The van der Waals surface area contributed by atoms with Crippen LogP contribution >= 0.6 is 0 Å². The molecule has 0 radical (unpaired) electrons. The van der Waals surface area contributed by atoms with Crippen LogP contribution in [0.3, 0.4) is 0 Å². The summed E-state index contributed by atoms with van der Waals surface area (Å²) in [6.45, 7) is 14.4. The maximum Gasteiger partial charge on any atom is 0.135 e. The first-order chi connectivity index (χ1) is 36.4. The minimum atomic E-state index is -3.31. The zero-order valence-electron chi connectivity index (χ0n) is 44.9. The van der Waals surface area contributed by atoms with Crippen LogP contribution in [0.4, 0.5) is 11.4 Å². The summed E-state index contributed by atoms with van der Waals surface area (Å²) in [5, 5.41) is 7.15. The van der Waals surface area contributed by atoms with E-state index in [2.05, 4.69) is 305 Å². The first kappa shape index (κ1) is 52.6. The van der Waals surface area contributed by atoms with Gasteiger partial charge in [0.1, 0.15) is 13.9 Å². The summed E-state index contributed by atoms with van der Waals surface area (Å²) in [5.74, 6) is 0.888. The van der Waals surface area contributed by atoms with Crippen molar-refractivity contribution in [3.63, 3.8) is 0 Å². The van der Waals surface area contributed by atoms with Crippen molar-refractivity contribution in [1.82, 2.24) is 9.55 Å². The molecule has 11 aromatic rings. The summed E-state index contributed by atoms with van der Waals surface area (Å²) in [4.78, 5) is 10.0. The molecule has 1 aliphatic heterocycles. The van der Waals surface area contributed by atoms with Crippen LogP contribution in [0.15, 0.2) is 249 Å². The van der Waals surface area contributed by atoms with Crippen molar-refractivity contribution in [3.05, 3.63) is 274 Å². The molecular weight excluding hydrogens is 1130 g/mol. The van der Waals surface area contributed by atoms with Crippen LogP contribution in [0, 0.1) is 25.0 Å². The van der Waals surface area contributed by atoms with Crippen molar-refractivity contribution in [2.24, 2.45) is 5.41 Å². The Morgan fingerprint density at radius 1 is 0.468 bits per heavy atom. The molecule has 77 heavy (non-hydrogen) atoms. The molecule has 4 nitrogen and oxygen atoms in total. The van der Waals surface area contributed by atoms with Crippen LogP contribution < -0.4 is 30.5 Å². The predicted octanol–water partition coefficient (Wildman–Crippen LogP) is 15.1. The zero-order chi connectivity index (χ0) is 51.3. The fraction of sp³-hybridized carbons (Fsp3) is 0.127. The van der Waals surface area contributed by atoms with Gasteiger partial charge in [-0.25, -0.2) is 4.98 Å². The first-order valence-corrected chi connectivity index (χ1v) is 28.1. The number of fused-ring (bicyclic) bond motifs is 3. The molecule has 0 bridgehead atoms. The first-order valence-electron chi connectivity index (χ1n) is 26.1. The van der Waals surface area contributed by atoms with Gasteiger partial charge in [0.25, 0.3) is 0 Å². The van der Waals surface area contributed by atoms with Gasteiger partial charge in [0.15, 0.2) is 0 Å². The molecule has 0 fully saturated rings. The Bertz CT molecular complexity index is 3780. The fourth-order valence-electron chi connectivity index (χ4n) is 11.2. The topological polar surface area (TPSA) is 24.3 Å². The van der Waals surface area contributed by atoms with Crippen molar-refractivity contribution in [2.75, 3.05) is 16.5 Å². The van der Waals surface area contributed by atoms with Crippen molar-refractivity contribution >= 4 is 62.0 Å². The Labute approximate surface area is 471 Å². The molecule has 0 spiro atoms. The number of aromatic nitrogens is 2. The fourth-order valence-corrected chi connectivity index (χ4v) is 15.8. The van der Waals surface area contributed by atoms with Crippen molar-refractivity contribution < 1.29 is 21.1 Å². The Morgan fingerprint density at radius 2 is 0.987 bits per heavy atom. The number of rotatable bonds is 10. The zero-order valence-corrected chi connectivity index (χ0v) is 48.2. The van der Waals surface area contributed by atoms with E-state index >= 15 is 0 Å². The molecular formula is C71H63N4PtSi-3. The van der Waals surface area contributed by atoms with Gasteiger partial charge in [0.2, 0.25) is 0 Å². The summed E-state index contributed by atoms with van der Waals surface area (Å²) >= 11 is 0. The van der Waals surface area contributed by atoms with Crippen LogP contribution in [0.5, 0.6) is 0 Å². The minimum Gasteiger partial charge on any atom is -0.358 e. The van der Waals surface area contributed by atoms with Gasteiger partial charge in [0.05, 0.1) is 6.67 Å². The Morgan fingerprint density at radius 3 is 1.53 bits per heavy atom. The van der Waals surface area contributed by atoms with E-state index in [1.165, 1.54) is 49.3 Å². The Hall–Kier alpha value is -7.82. The quantitative estimate of drug-likeness (QED) is 0.0775. The maximum absolute atomic E-state index is 5.09. The number of allylic oxidation sites excluding steroid dienone is 1. The molecule has 12 rings (SSSR count). The van der Waals surface area contributed by atoms with E-state index in [1.54, 1.807) is 0 Å². The number of para-hydroxylation sites is 1. The molecule has 9 aromatic carbocycles. The average molecular weight is 1200 g/mol. The average Bonchev–Trinajstić information content (AvgIpc) is 4.13. The van der Waals surface area contributed by atoms with Crippen LogP contribution in [-0.4, -0.2) is 24.3 Å². The molecule has 1 aliphatic rings. The van der Waals surface area contributed by atoms with Gasteiger partial charge in [-0.1, -0.05) is 223 Å². The van der Waals surface area contributed by atoms with E-state index in [0.717, 1.165) is 55.1 Å². The van der Waals surface area contributed by atoms with E-state index in [0.29, 0.717) is 6.67 Å². The monoisotopic (exact) mass is 1190 g/mol. The summed E-state index contributed by atoms with van der Waals surface area (Å²) < 4.78 is 2.34. The van der Waals surface area contributed by atoms with Crippen LogP contribution in [0.25, 0.3) is 61.0 Å². The van der Waals surface area contributed by atoms with Gasteiger partial charge in [-0.15, -0.1) is 17.0 Å². The van der Waals surface area contributed by atoms with Crippen molar-refractivity contribution in [1.29, 1.82) is 0 Å². The van der Waals surface area contributed by atoms with E-state index < -0.39 is 8.07 Å². The number of anilines is 2. The molecule has 3 heterocycles. The summed E-state index contributed by atoms with van der Waals surface area (Å²) in [5.41, 5.74) is 13.5. The molecule has 0 atom stereocenters. The van der Waals surface area contributed by atoms with Crippen LogP contribution in [-0.2, 0) is 26.5 Å². The number of nitrogens with zero attached hydrogens (tertiary/aromatic N) is 4. The largest absolute Gasteiger partial charge is 0.358 e. The predicted molar refractivity (Wildman–Crippen MR) is 325 cm³/mol. The number of pyridine rings is 1. The number of hydrogen-bond donors (Lipinski definition) is 0. The normalized spacial score (nSPS) is 12.8. The second-order valence-corrected chi connectivity index (χ2v) is 25.7. The summed E-state index contributed by atoms with van der Waals surface area (Å²) in [6, 6.07) is 93.0. The van der Waals surface area contributed by atoms with E-state index in [-0.39, 0.29) is 39.3 Å². The van der Waals surface area contributed by atoms with Gasteiger partial charge in [-0.05, 0) is 91.0 Å². The third-order valence-corrected chi connectivity index (χ3v) is 19.6. The Balaban J connectivity index is 0.00000336. The molecule has 0 unspecified atom stereocenters. The molecule has 0 saturated carbocycles. The third kappa shape index (κ3) is 9.84. The molecule has 0 N–H and O–H groups in total. The molecule has 0 saturated heterocycles. The van der Waals surface area contributed by atoms with Crippen LogP contribution in [0.1, 0.15) is 47.1 Å². The minimum absolute atomic E-state index is 0. The number of benzene rings is 9. The Kier molecular flexibility index (Phi) is 14.6. The molecule has 384 valence electrons. The van der Waals surface area contributed by atoms with Gasteiger partial charge in [-0.2, -0.15) is 40.7 Å². The summed E-state index contributed by atoms with van der Waals surface area (Å²) in [7, 11) is -3.31. The number of hydrogen-bond acceptors (Lipinski definition) is 3. The van der Waals surface area contributed by atoms with Gasteiger partial charge in [0, 0.05) is 55.8 Å². The third-order valence-electron chi connectivity index (χ3n) is 15.0. The molecule has 6 heteroatoms. The molecule has 0 aliphatic carbocycles. The van der Waals surface area contributed by atoms with Gasteiger partial charge < -0.3 is 21.8 Å². The van der Waals surface area contributed by atoms with Gasteiger partial charge in [-0.3, -0.25) is 0 Å².